The van der Waals surface area contributed by atoms with Crippen molar-refractivity contribution in [1.29, 1.82) is 0 Å². The Morgan fingerprint density at radius 2 is 1.81 bits per heavy atom. The fraction of sp³-hybridized carbons (Fsp3) is 0.176. The summed E-state index contributed by atoms with van der Waals surface area (Å²) >= 11 is 0. The zero-order valence-corrected chi connectivity index (χ0v) is 11.7. The number of amides is 1. The van der Waals surface area contributed by atoms with Gasteiger partial charge in [-0.2, -0.15) is 0 Å². The number of carboxylic acid groups (broad SMARTS) is 1. The van der Waals surface area contributed by atoms with Crippen molar-refractivity contribution < 1.29 is 14.7 Å². The summed E-state index contributed by atoms with van der Waals surface area (Å²) in [6.07, 6.45) is 0.258. The van der Waals surface area contributed by atoms with Crippen LogP contribution < -0.4 is 5.32 Å². The first-order chi connectivity index (χ1) is 10.1. The molecule has 0 radical (unpaired) electrons. The van der Waals surface area contributed by atoms with E-state index in [1.54, 1.807) is 18.2 Å². The molecule has 0 spiro atoms. The molecule has 108 valence electrons. The van der Waals surface area contributed by atoms with E-state index < -0.39 is 12.0 Å². The molecule has 0 fully saturated rings. The third-order valence-corrected chi connectivity index (χ3v) is 3.17. The third kappa shape index (κ3) is 4.18. The van der Waals surface area contributed by atoms with Gasteiger partial charge in [-0.3, -0.25) is 4.79 Å². The van der Waals surface area contributed by atoms with E-state index in [-0.39, 0.29) is 12.3 Å². The fourth-order valence-corrected chi connectivity index (χ4v) is 2.08. The molecule has 1 amide bonds. The van der Waals surface area contributed by atoms with Crippen LogP contribution in [0.3, 0.4) is 0 Å². The van der Waals surface area contributed by atoms with Crippen LogP contribution in [0, 0.1) is 6.92 Å². The van der Waals surface area contributed by atoms with Crippen molar-refractivity contribution in [3.63, 3.8) is 0 Å². The number of hydrogen-bond donors (Lipinski definition) is 2. The Morgan fingerprint density at radius 1 is 1.10 bits per heavy atom. The Labute approximate surface area is 123 Å². The summed E-state index contributed by atoms with van der Waals surface area (Å²) in [6.45, 7) is 1.88. The Hall–Kier alpha value is -2.62. The maximum atomic E-state index is 12.1. The van der Waals surface area contributed by atoms with Gasteiger partial charge in [-0.25, -0.2) is 4.79 Å². The smallest absolute Gasteiger partial charge is 0.326 e. The van der Waals surface area contributed by atoms with Crippen LogP contribution in [0.4, 0.5) is 0 Å². The number of benzene rings is 2. The average Bonchev–Trinajstić information content (AvgIpc) is 2.47. The van der Waals surface area contributed by atoms with Crippen molar-refractivity contribution >= 4 is 11.9 Å². The zero-order valence-electron chi connectivity index (χ0n) is 11.7. The van der Waals surface area contributed by atoms with Gasteiger partial charge in [0.1, 0.15) is 6.04 Å². The molecule has 4 nitrogen and oxygen atoms in total. The Kier molecular flexibility index (Phi) is 4.72. The van der Waals surface area contributed by atoms with Gasteiger partial charge in [-0.05, 0) is 24.6 Å². The molecule has 0 bridgehead atoms. The zero-order chi connectivity index (χ0) is 15.2. The van der Waals surface area contributed by atoms with Gasteiger partial charge in [0, 0.05) is 12.0 Å². The second-order valence-corrected chi connectivity index (χ2v) is 4.92. The third-order valence-electron chi connectivity index (χ3n) is 3.17. The molecule has 0 aliphatic rings. The molecule has 0 aromatic heterocycles. The van der Waals surface area contributed by atoms with Crippen LogP contribution in [0.2, 0.25) is 0 Å². The second-order valence-electron chi connectivity index (χ2n) is 4.92. The molecule has 0 saturated heterocycles. The summed E-state index contributed by atoms with van der Waals surface area (Å²) in [5.74, 6) is -1.41. The lowest BCUT2D eigenvalue weighted by atomic mass is 10.1. The van der Waals surface area contributed by atoms with E-state index in [0.717, 1.165) is 11.1 Å². The highest BCUT2D eigenvalue weighted by molar-refractivity contribution is 5.96. The van der Waals surface area contributed by atoms with E-state index in [1.807, 2.05) is 43.3 Å². The average molecular weight is 283 g/mol. The summed E-state index contributed by atoms with van der Waals surface area (Å²) in [7, 11) is 0. The minimum atomic E-state index is -1.04. The van der Waals surface area contributed by atoms with Crippen LogP contribution in [0.1, 0.15) is 21.5 Å². The van der Waals surface area contributed by atoms with Crippen LogP contribution in [0.15, 0.2) is 54.6 Å². The number of rotatable bonds is 5. The highest BCUT2D eigenvalue weighted by Crippen LogP contribution is 2.07. The van der Waals surface area contributed by atoms with Crippen molar-refractivity contribution in [1.82, 2.24) is 5.32 Å². The SMILES string of the molecule is Cc1cccc(C(=O)N[C@H](Cc2ccccc2)C(=O)O)c1. The molecule has 4 heteroatoms. The van der Waals surface area contributed by atoms with Gasteiger partial charge in [-0.1, -0.05) is 48.0 Å². The molecule has 0 aliphatic carbocycles. The number of aryl methyl sites for hydroxylation is 1. The molecule has 0 unspecified atom stereocenters. The van der Waals surface area contributed by atoms with Gasteiger partial charge in [0.15, 0.2) is 0 Å². The number of carboxylic acids is 1. The largest absolute Gasteiger partial charge is 0.480 e. The van der Waals surface area contributed by atoms with Gasteiger partial charge in [-0.15, -0.1) is 0 Å². The van der Waals surface area contributed by atoms with E-state index in [4.69, 9.17) is 0 Å². The monoisotopic (exact) mass is 283 g/mol. The topological polar surface area (TPSA) is 66.4 Å². The predicted molar refractivity (Wildman–Crippen MR) is 80.2 cm³/mol. The molecular weight excluding hydrogens is 266 g/mol. The predicted octanol–water partition coefficient (Wildman–Crippen LogP) is 2.42. The molecule has 2 rings (SSSR count). The Balaban J connectivity index is 2.10. The van der Waals surface area contributed by atoms with Crippen molar-refractivity contribution in [2.45, 2.75) is 19.4 Å². The molecule has 0 aliphatic heterocycles. The fourth-order valence-electron chi connectivity index (χ4n) is 2.08. The van der Waals surface area contributed by atoms with Gasteiger partial charge < -0.3 is 10.4 Å². The molecule has 2 aromatic carbocycles. The number of hydrogen-bond acceptors (Lipinski definition) is 2. The first-order valence-electron chi connectivity index (χ1n) is 6.70. The standard InChI is InChI=1S/C17H17NO3/c1-12-6-5-9-14(10-12)16(19)18-15(17(20)21)11-13-7-3-2-4-8-13/h2-10,15H,11H2,1H3,(H,18,19)(H,20,21)/t15-/m1/s1. The lowest BCUT2D eigenvalue weighted by Gasteiger charge is -2.15. The van der Waals surface area contributed by atoms with E-state index in [1.165, 1.54) is 0 Å². The van der Waals surface area contributed by atoms with E-state index >= 15 is 0 Å². The maximum absolute atomic E-state index is 12.1. The van der Waals surface area contributed by atoms with Crippen molar-refractivity contribution in [2.75, 3.05) is 0 Å². The molecule has 2 aromatic rings. The molecule has 0 saturated carbocycles. The van der Waals surface area contributed by atoms with Gasteiger partial charge in [0.05, 0.1) is 0 Å². The number of nitrogens with one attached hydrogen (secondary N) is 1. The van der Waals surface area contributed by atoms with Gasteiger partial charge >= 0.3 is 5.97 Å². The van der Waals surface area contributed by atoms with E-state index in [9.17, 15) is 14.7 Å². The van der Waals surface area contributed by atoms with E-state index in [0.29, 0.717) is 5.56 Å². The van der Waals surface area contributed by atoms with Gasteiger partial charge in [0.2, 0.25) is 0 Å². The molecule has 2 N–H and O–H groups in total. The summed E-state index contributed by atoms with van der Waals surface area (Å²) in [6, 6.07) is 15.4. The van der Waals surface area contributed by atoms with Crippen LogP contribution in [0.25, 0.3) is 0 Å². The van der Waals surface area contributed by atoms with E-state index in [2.05, 4.69) is 5.32 Å². The van der Waals surface area contributed by atoms with Crippen molar-refractivity contribution in [3.05, 3.63) is 71.3 Å². The van der Waals surface area contributed by atoms with Gasteiger partial charge in [0.25, 0.3) is 5.91 Å². The van der Waals surface area contributed by atoms with Crippen molar-refractivity contribution in [3.8, 4) is 0 Å². The second kappa shape index (κ2) is 6.70. The minimum absolute atomic E-state index is 0.258. The van der Waals surface area contributed by atoms with Crippen LogP contribution in [-0.4, -0.2) is 23.0 Å². The minimum Gasteiger partial charge on any atom is -0.480 e. The van der Waals surface area contributed by atoms with Crippen LogP contribution in [-0.2, 0) is 11.2 Å². The first-order valence-corrected chi connectivity index (χ1v) is 6.70. The Morgan fingerprint density at radius 3 is 2.43 bits per heavy atom. The summed E-state index contributed by atoms with van der Waals surface area (Å²) < 4.78 is 0. The molecule has 1 atom stereocenters. The summed E-state index contributed by atoms with van der Waals surface area (Å²) in [5.41, 5.74) is 2.29. The van der Waals surface area contributed by atoms with Crippen LogP contribution in [0.5, 0.6) is 0 Å². The summed E-state index contributed by atoms with van der Waals surface area (Å²) in [5, 5.41) is 11.8. The normalized spacial score (nSPS) is 11.7. The first kappa shape index (κ1) is 14.8. The molecule has 21 heavy (non-hydrogen) atoms. The molecular formula is C17H17NO3. The summed E-state index contributed by atoms with van der Waals surface area (Å²) in [4.78, 5) is 23.5. The maximum Gasteiger partial charge on any atom is 0.326 e. The number of carbonyl (C=O) groups is 2. The quantitative estimate of drug-likeness (QED) is 0.885. The van der Waals surface area contributed by atoms with Crippen LogP contribution >= 0.6 is 0 Å². The Bertz CT molecular complexity index is 637. The highest BCUT2D eigenvalue weighted by atomic mass is 16.4. The highest BCUT2D eigenvalue weighted by Gasteiger charge is 2.21. The van der Waals surface area contributed by atoms with Crippen molar-refractivity contribution in [2.24, 2.45) is 0 Å². The number of carbonyl (C=O) groups excluding carboxylic acids is 1. The number of aliphatic carboxylic acids is 1. The lowest BCUT2D eigenvalue weighted by Crippen LogP contribution is -2.42. The molecule has 0 heterocycles. The lowest BCUT2D eigenvalue weighted by molar-refractivity contribution is -0.139.